The van der Waals surface area contributed by atoms with Crippen molar-refractivity contribution in [1.29, 1.82) is 0 Å². The standard InChI is InChI=1S/C40H14B2F20O4/c1-11-3-7-13(8-4-11)39-63-41(15-19(43)27(51)35(59)28(52)20(15)44,16-21(45)29(53)36(60)30(54)22(16)46)65-40(14-9-5-12(2)6-10-14)66-42(64-39,17-23(47)31(55)37(61)32(56)24(17)48)18-25(49)33(57)38(62)34(58)26(18)50/h3-10H,1-2H3. The van der Waals surface area contributed by atoms with Crippen LogP contribution in [0.25, 0.3) is 0 Å². The molecule has 344 valence electrons. The van der Waals surface area contributed by atoms with Gasteiger partial charge in [0.1, 0.15) is 57.7 Å². The lowest BCUT2D eigenvalue weighted by molar-refractivity contribution is -0.187. The van der Waals surface area contributed by atoms with Crippen LogP contribution in [-0.4, -0.2) is 25.0 Å². The van der Waals surface area contributed by atoms with Gasteiger partial charge in [-0.3, -0.25) is 0 Å². The molecular weight excluding hydrogens is 946 g/mol. The summed E-state index contributed by atoms with van der Waals surface area (Å²) in [6.07, 6.45) is 0. The van der Waals surface area contributed by atoms with Gasteiger partial charge < -0.3 is 18.0 Å². The number of aryl methyl sites for hydroxylation is 2. The summed E-state index contributed by atoms with van der Waals surface area (Å²) in [7, 11) is 0. The third-order valence-electron chi connectivity index (χ3n) is 10.2. The third kappa shape index (κ3) is 6.89. The Morgan fingerprint density at radius 3 is 0.621 bits per heavy atom. The number of hydrogen-bond acceptors (Lipinski definition) is 2. The van der Waals surface area contributed by atoms with Crippen molar-refractivity contribution in [3.05, 3.63) is 187 Å². The lowest BCUT2D eigenvalue weighted by atomic mass is 9.44. The number of benzene rings is 6. The highest BCUT2D eigenvalue weighted by Crippen LogP contribution is 2.33. The van der Waals surface area contributed by atoms with Crippen molar-refractivity contribution < 1.29 is 106 Å². The number of rotatable bonds is 6. The SMILES string of the molecule is Cc1ccc(C2=[O+][B-](c3c(F)c(F)c(F)c(F)c3F)(c3c(F)c(F)c(F)c(F)c3F)OC(c3ccc(C)cc3)=[O+][B-](c3c(F)c(F)c(F)c(F)c3F)(c3c(F)c(F)c(F)c(F)c3F)O2)cc1. The van der Waals surface area contributed by atoms with E-state index in [4.69, 9.17) is 18.0 Å². The molecule has 0 aromatic heterocycles. The fraction of sp³-hybridized carbons (Fsp3) is 0.0500. The lowest BCUT2D eigenvalue weighted by Crippen LogP contribution is -2.71. The Balaban J connectivity index is 1.87. The first kappa shape index (κ1) is 47.0. The largest absolute Gasteiger partial charge is 0.667 e. The van der Waals surface area contributed by atoms with Crippen LogP contribution in [0.15, 0.2) is 48.5 Å². The molecule has 6 aromatic rings. The average Bonchev–Trinajstić information content (AvgIpc) is 3.28. The zero-order chi connectivity index (χ0) is 48.8. The molecule has 1 aliphatic heterocycles. The molecule has 4 nitrogen and oxygen atoms in total. The highest BCUT2D eigenvalue weighted by atomic mass is 19.2. The van der Waals surface area contributed by atoms with Crippen molar-refractivity contribution in [2.24, 2.45) is 0 Å². The summed E-state index contributed by atoms with van der Waals surface area (Å²) in [6, 6.07) is 5.68. The Kier molecular flexibility index (Phi) is 11.7. The summed E-state index contributed by atoms with van der Waals surface area (Å²) in [5.41, 5.74) is -13.8. The Labute approximate surface area is 353 Å². The van der Waals surface area contributed by atoms with Crippen molar-refractivity contribution >= 4 is 46.9 Å². The minimum absolute atomic E-state index is 0.0975. The van der Waals surface area contributed by atoms with Gasteiger partial charge in [-0.2, -0.15) is 0 Å². The first-order chi connectivity index (χ1) is 30.8. The van der Waals surface area contributed by atoms with E-state index in [1.54, 1.807) is 0 Å². The molecule has 0 fully saturated rings. The maximum absolute atomic E-state index is 16.3. The van der Waals surface area contributed by atoms with Gasteiger partial charge >= 0.3 is 25.0 Å². The lowest BCUT2D eigenvalue weighted by Gasteiger charge is -2.35. The van der Waals surface area contributed by atoms with E-state index in [0.29, 0.717) is 24.3 Å². The van der Waals surface area contributed by atoms with Crippen molar-refractivity contribution in [2.45, 2.75) is 13.8 Å². The van der Waals surface area contributed by atoms with Crippen molar-refractivity contribution in [3.8, 4) is 0 Å². The van der Waals surface area contributed by atoms with E-state index in [-0.39, 0.29) is 11.1 Å². The molecule has 0 spiro atoms. The summed E-state index contributed by atoms with van der Waals surface area (Å²) >= 11 is 0. The molecule has 1 aliphatic rings. The Bertz CT molecular complexity index is 2660. The maximum Gasteiger partial charge on any atom is 0.667 e. The van der Waals surface area contributed by atoms with Crippen LogP contribution >= 0.6 is 0 Å². The molecule has 1 heterocycles. The second kappa shape index (κ2) is 16.5. The average molecular weight is 960 g/mol. The van der Waals surface area contributed by atoms with E-state index in [9.17, 15) is 17.6 Å². The van der Waals surface area contributed by atoms with E-state index in [2.05, 4.69) is 0 Å². The molecule has 0 atom stereocenters. The fourth-order valence-corrected chi connectivity index (χ4v) is 6.94. The van der Waals surface area contributed by atoms with E-state index in [1.165, 1.54) is 13.8 Å². The fourth-order valence-electron chi connectivity index (χ4n) is 6.94. The van der Waals surface area contributed by atoms with Crippen molar-refractivity contribution in [1.82, 2.24) is 0 Å². The van der Waals surface area contributed by atoms with Crippen molar-refractivity contribution in [3.63, 3.8) is 0 Å². The molecule has 0 aliphatic carbocycles. The summed E-state index contributed by atoms with van der Waals surface area (Å²) in [5, 5.41) is 0. The van der Waals surface area contributed by atoms with Gasteiger partial charge in [-0.1, -0.05) is 35.4 Å². The first-order valence-corrected chi connectivity index (χ1v) is 17.8. The quantitative estimate of drug-likeness (QED) is 0.0552. The van der Waals surface area contributed by atoms with Gasteiger partial charge in [0.05, 0.1) is 0 Å². The molecular formula is C40H14B2F20O4. The van der Waals surface area contributed by atoms with Gasteiger partial charge in [0.2, 0.25) is 0 Å². The predicted molar refractivity (Wildman–Crippen MR) is 188 cm³/mol. The summed E-state index contributed by atoms with van der Waals surface area (Å²) in [6.45, 7) is -10.1. The van der Waals surface area contributed by atoms with Gasteiger partial charge in [-0.05, 0) is 38.1 Å². The second-order valence-electron chi connectivity index (χ2n) is 14.1. The molecule has 26 heteroatoms. The Morgan fingerprint density at radius 2 is 0.439 bits per heavy atom. The molecule has 0 N–H and O–H groups in total. The minimum Gasteiger partial charge on any atom is -0.508 e. The Morgan fingerprint density at radius 1 is 0.273 bits per heavy atom. The number of halogens is 20. The van der Waals surface area contributed by atoms with Crippen LogP contribution in [0.5, 0.6) is 0 Å². The van der Waals surface area contributed by atoms with Crippen molar-refractivity contribution in [2.75, 3.05) is 0 Å². The smallest absolute Gasteiger partial charge is 0.508 e. The van der Waals surface area contributed by atoms with Gasteiger partial charge in [-0.15, -0.1) is 0 Å². The van der Waals surface area contributed by atoms with Crippen LogP contribution in [0.3, 0.4) is 0 Å². The predicted octanol–water partition coefficient (Wildman–Crippen LogP) is 8.70. The summed E-state index contributed by atoms with van der Waals surface area (Å²) in [4.78, 5) is 0. The van der Waals surface area contributed by atoms with Crippen LogP contribution in [-0.2, 0) is 9.31 Å². The topological polar surface area (TPSA) is 41.1 Å². The summed E-state index contributed by atoms with van der Waals surface area (Å²) < 4.78 is 332. The number of carbonyl (C=O) groups excluding carboxylic acids is 2. The molecule has 0 unspecified atom stereocenters. The molecule has 66 heavy (non-hydrogen) atoms. The van der Waals surface area contributed by atoms with Crippen LogP contribution in [0.1, 0.15) is 30.9 Å². The molecule has 0 bridgehead atoms. The molecule has 0 saturated carbocycles. The second-order valence-corrected chi connectivity index (χ2v) is 14.1. The van der Waals surface area contributed by atoms with Crippen LogP contribution < -0.4 is 21.9 Å². The highest BCUT2D eigenvalue weighted by Gasteiger charge is 2.67. The van der Waals surface area contributed by atoms with E-state index >= 15 is 70.2 Å². The number of hydrogen-bond donors (Lipinski definition) is 0. The molecule has 7 rings (SSSR count). The zero-order valence-electron chi connectivity index (χ0n) is 32.0. The van der Waals surface area contributed by atoms with Gasteiger partial charge in [0.25, 0.3) is 0 Å². The molecule has 0 radical (unpaired) electrons. The van der Waals surface area contributed by atoms with E-state index < -0.39 is 174 Å². The zero-order valence-corrected chi connectivity index (χ0v) is 32.0. The van der Waals surface area contributed by atoms with E-state index in [1.807, 2.05) is 0 Å². The minimum atomic E-state index is -6.30. The first-order valence-electron chi connectivity index (χ1n) is 17.8. The Hall–Kier alpha value is -7.01. The van der Waals surface area contributed by atoms with Gasteiger partial charge in [0, 0.05) is 21.9 Å². The normalized spacial score (nSPS) is 14.6. The van der Waals surface area contributed by atoms with E-state index in [0.717, 1.165) is 24.3 Å². The van der Waals surface area contributed by atoms with Gasteiger partial charge in [0.15, 0.2) is 69.8 Å². The van der Waals surface area contributed by atoms with Crippen LogP contribution in [0, 0.1) is 130 Å². The van der Waals surface area contributed by atoms with Gasteiger partial charge in [-0.25, -0.2) is 87.8 Å². The molecule has 6 aromatic carbocycles. The third-order valence-corrected chi connectivity index (χ3v) is 10.2. The maximum atomic E-state index is 16.3. The molecule has 0 saturated heterocycles. The van der Waals surface area contributed by atoms with Crippen LogP contribution in [0.2, 0.25) is 0 Å². The summed E-state index contributed by atoms with van der Waals surface area (Å²) in [5.74, 6) is -68.2. The molecule has 0 amide bonds. The van der Waals surface area contributed by atoms with Crippen LogP contribution in [0.4, 0.5) is 87.8 Å². The monoisotopic (exact) mass is 960 g/mol. The highest BCUT2D eigenvalue weighted by molar-refractivity contribution is 6.94.